The van der Waals surface area contributed by atoms with Crippen molar-refractivity contribution in [2.75, 3.05) is 33.2 Å². The zero-order valence-corrected chi connectivity index (χ0v) is 19.5. The number of rotatable bonds is 9. The molecule has 0 saturated carbocycles. The number of nitrogens with zero attached hydrogens (tertiary/aromatic N) is 2. The van der Waals surface area contributed by atoms with Gasteiger partial charge >= 0.3 is 0 Å². The van der Waals surface area contributed by atoms with Gasteiger partial charge in [0.1, 0.15) is 6.04 Å². The fraction of sp³-hybridized carbons (Fsp3) is 0.462. The van der Waals surface area contributed by atoms with E-state index in [-0.39, 0.29) is 17.7 Å². The van der Waals surface area contributed by atoms with Crippen molar-refractivity contribution in [3.63, 3.8) is 0 Å². The first kappa shape index (κ1) is 24.0. The Morgan fingerprint density at radius 2 is 1.66 bits per heavy atom. The highest BCUT2D eigenvalue weighted by atomic mass is 16.2. The number of benzene rings is 2. The van der Waals surface area contributed by atoms with Gasteiger partial charge in [-0.2, -0.15) is 0 Å². The zero-order valence-electron chi connectivity index (χ0n) is 19.5. The molecule has 1 aliphatic rings. The Morgan fingerprint density at radius 1 is 0.969 bits per heavy atom. The van der Waals surface area contributed by atoms with Gasteiger partial charge in [-0.1, -0.05) is 62.7 Å². The molecule has 32 heavy (non-hydrogen) atoms. The standard InChI is InChI=1S/C26H36N4O2/c1-4-20(2)24(28-25(31)23-11-6-5-7-12-23)26(32)27-18-21-9-8-10-22(17-21)19-30-15-13-29(3)14-16-30/h5-12,17,20,24H,4,13-16,18-19H2,1-3H3,(H,27,32)(H,28,31). The summed E-state index contributed by atoms with van der Waals surface area (Å²) in [5.74, 6) is -0.334. The van der Waals surface area contributed by atoms with Gasteiger partial charge in [-0.25, -0.2) is 0 Å². The predicted octanol–water partition coefficient (Wildman–Crippen LogP) is 2.89. The first-order valence-electron chi connectivity index (χ1n) is 11.6. The molecule has 1 heterocycles. The topological polar surface area (TPSA) is 64.7 Å². The number of carbonyl (C=O) groups excluding carboxylic acids is 2. The van der Waals surface area contributed by atoms with E-state index in [1.807, 2.05) is 38.1 Å². The molecule has 1 aliphatic heterocycles. The molecule has 2 N–H and O–H groups in total. The normalized spacial score (nSPS) is 16.8. The van der Waals surface area contributed by atoms with E-state index in [2.05, 4.69) is 45.7 Å². The molecule has 1 saturated heterocycles. The molecule has 6 heteroatoms. The first-order valence-corrected chi connectivity index (χ1v) is 11.6. The third kappa shape index (κ3) is 6.90. The number of amides is 2. The molecule has 2 amide bonds. The van der Waals surface area contributed by atoms with E-state index >= 15 is 0 Å². The number of hydrogen-bond donors (Lipinski definition) is 2. The summed E-state index contributed by atoms with van der Waals surface area (Å²) in [5, 5.41) is 5.96. The van der Waals surface area contributed by atoms with Crippen LogP contribution in [0.3, 0.4) is 0 Å². The molecule has 2 aromatic carbocycles. The Balaban J connectivity index is 1.57. The Labute approximate surface area is 192 Å². The second-order valence-corrected chi connectivity index (χ2v) is 8.82. The maximum Gasteiger partial charge on any atom is 0.251 e. The van der Waals surface area contributed by atoms with Gasteiger partial charge in [0.15, 0.2) is 0 Å². The van der Waals surface area contributed by atoms with Crippen molar-refractivity contribution in [1.29, 1.82) is 0 Å². The molecular weight excluding hydrogens is 400 g/mol. The molecular formula is C26H36N4O2. The molecule has 0 radical (unpaired) electrons. The summed E-state index contributed by atoms with van der Waals surface area (Å²) in [5.41, 5.74) is 2.89. The van der Waals surface area contributed by atoms with Crippen molar-refractivity contribution in [2.24, 2.45) is 5.92 Å². The van der Waals surface area contributed by atoms with Crippen molar-refractivity contribution in [2.45, 2.75) is 39.4 Å². The largest absolute Gasteiger partial charge is 0.350 e. The number of carbonyl (C=O) groups is 2. The molecule has 2 atom stereocenters. The smallest absolute Gasteiger partial charge is 0.251 e. The third-order valence-corrected chi connectivity index (χ3v) is 6.28. The molecule has 0 aromatic heterocycles. The maximum absolute atomic E-state index is 13.0. The lowest BCUT2D eigenvalue weighted by Crippen LogP contribution is -2.50. The average molecular weight is 437 g/mol. The van der Waals surface area contributed by atoms with E-state index in [1.165, 1.54) is 5.56 Å². The SMILES string of the molecule is CCC(C)C(NC(=O)c1ccccc1)C(=O)NCc1cccc(CN2CCN(C)CC2)c1. The number of hydrogen-bond acceptors (Lipinski definition) is 4. The second kappa shape index (κ2) is 11.8. The summed E-state index contributed by atoms with van der Waals surface area (Å²) in [6.07, 6.45) is 0.799. The third-order valence-electron chi connectivity index (χ3n) is 6.28. The Hall–Kier alpha value is -2.70. The van der Waals surface area contributed by atoms with Crippen molar-refractivity contribution in [3.8, 4) is 0 Å². The Morgan fingerprint density at radius 3 is 2.34 bits per heavy atom. The summed E-state index contributed by atoms with van der Waals surface area (Å²) in [6, 6.07) is 16.9. The minimum atomic E-state index is -0.568. The quantitative estimate of drug-likeness (QED) is 0.635. The molecule has 2 unspecified atom stereocenters. The van der Waals surface area contributed by atoms with Gasteiger partial charge in [0.05, 0.1) is 0 Å². The highest BCUT2D eigenvalue weighted by molar-refractivity contribution is 5.97. The highest BCUT2D eigenvalue weighted by Gasteiger charge is 2.26. The molecule has 172 valence electrons. The van der Waals surface area contributed by atoms with Crippen molar-refractivity contribution < 1.29 is 9.59 Å². The predicted molar refractivity (Wildman–Crippen MR) is 128 cm³/mol. The first-order chi connectivity index (χ1) is 15.5. The van der Waals surface area contributed by atoms with Crippen molar-refractivity contribution in [1.82, 2.24) is 20.4 Å². The number of likely N-dealkylation sites (N-methyl/N-ethyl adjacent to an activating group) is 1. The van der Waals surface area contributed by atoms with Gasteiger partial charge in [-0.05, 0) is 36.2 Å². The fourth-order valence-electron chi connectivity index (χ4n) is 3.92. The molecule has 6 nitrogen and oxygen atoms in total. The van der Waals surface area contributed by atoms with Gasteiger partial charge in [0, 0.05) is 44.8 Å². The maximum atomic E-state index is 13.0. The van der Waals surface area contributed by atoms with Crippen molar-refractivity contribution >= 4 is 11.8 Å². The number of piperazine rings is 1. The monoisotopic (exact) mass is 436 g/mol. The van der Waals surface area contributed by atoms with E-state index in [0.29, 0.717) is 12.1 Å². The lowest BCUT2D eigenvalue weighted by molar-refractivity contribution is -0.124. The molecule has 2 aromatic rings. The lowest BCUT2D eigenvalue weighted by atomic mass is 9.97. The van der Waals surface area contributed by atoms with Crippen LogP contribution in [0.1, 0.15) is 41.8 Å². The van der Waals surface area contributed by atoms with Crippen LogP contribution in [0.15, 0.2) is 54.6 Å². The van der Waals surface area contributed by atoms with Crippen LogP contribution in [0.5, 0.6) is 0 Å². The zero-order chi connectivity index (χ0) is 22.9. The van der Waals surface area contributed by atoms with Crippen LogP contribution < -0.4 is 10.6 Å². The van der Waals surface area contributed by atoms with E-state index in [1.54, 1.807) is 12.1 Å². The van der Waals surface area contributed by atoms with Crippen LogP contribution in [0.25, 0.3) is 0 Å². The van der Waals surface area contributed by atoms with Crippen LogP contribution in [-0.4, -0.2) is 60.9 Å². The second-order valence-electron chi connectivity index (χ2n) is 8.82. The van der Waals surface area contributed by atoms with Gasteiger partial charge < -0.3 is 15.5 Å². The summed E-state index contributed by atoms with van der Waals surface area (Å²) in [6.45, 7) is 9.75. The van der Waals surface area contributed by atoms with E-state index < -0.39 is 6.04 Å². The van der Waals surface area contributed by atoms with E-state index in [4.69, 9.17) is 0 Å². The van der Waals surface area contributed by atoms with E-state index in [0.717, 1.165) is 44.7 Å². The van der Waals surface area contributed by atoms with Crippen LogP contribution in [-0.2, 0) is 17.9 Å². The van der Waals surface area contributed by atoms with E-state index in [9.17, 15) is 9.59 Å². The Bertz CT molecular complexity index is 878. The summed E-state index contributed by atoms with van der Waals surface area (Å²) < 4.78 is 0. The molecule has 0 spiro atoms. The van der Waals surface area contributed by atoms with Crippen molar-refractivity contribution in [3.05, 3.63) is 71.3 Å². The summed E-state index contributed by atoms with van der Waals surface area (Å²) in [7, 11) is 2.16. The van der Waals surface area contributed by atoms with Gasteiger partial charge in [-0.15, -0.1) is 0 Å². The van der Waals surface area contributed by atoms with Gasteiger partial charge in [0.2, 0.25) is 5.91 Å². The Kier molecular flexibility index (Phi) is 8.82. The lowest BCUT2D eigenvalue weighted by Gasteiger charge is -2.32. The highest BCUT2D eigenvalue weighted by Crippen LogP contribution is 2.12. The fourth-order valence-corrected chi connectivity index (χ4v) is 3.92. The number of nitrogens with one attached hydrogen (secondary N) is 2. The van der Waals surface area contributed by atoms with Crippen LogP contribution in [0.2, 0.25) is 0 Å². The molecule has 1 fully saturated rings. The van der Waals surface area contributed by atoms with Crippen LogP contribution >= 0.6 is 0 Å². The van der Waals surface area contributed by atoms with Crippen LogP contribution in [0.4, 0.5) is 0 Å². The minimum absolute atomic E-state index is 0.0335. The molecule has 3 rings (SSSR count). The van der Waals surface area contributed by atoms with Crippen LogP contribution in [0, 0.1) is 5.92 Å². The minimum Gasteiger partial charge on any atom is -0.350 e. The average Bonchev–Trinajstić information content (AvgIpc) is 2.82. The van der Waals surface area contributed by atoms with Gasteiger partial charge in [-0.3, -0.25) is 14.5 Å². The van der Waals surface area contributed by atoms with Gasteiger partial charge in [0.25, 0.3) is 5.91 Å². The molecule has 0 aliphatic carbocycles. The summed E-state index contributed by atoms with van der Waals surface area (Å²) >= 11 is 0. The molecule has 0 bridgehead atoms. The summed E-state index contributed by atoms with van der Waals surface area (Å²) in [4.78, 5) is 30.4.